The van der Waals surface area contributed by atoms with Crippen molar-refractivity contribution in [2.75, 3.05) is 7.11 Å². The van der Waals surface area contributed by atoms with Gasteiger partial charge >= 0.3 is 0 Å². The number of benzene rings is 2. The Morgan fingerprint density at radius 2 is 1.76 bits per heavy atom. The summed E-state index contributed by atoms with van der Waals surface area (Å²) >= 11 is 0. The Bertz CT molecular complexity index is 757. The fraction of sp³-hybridized carbons (Fsp3) is 0.381. The normalized spacial score (nSPS) is 15.2. The van der Waals surface area contributed by atoms with Crippen LogP contribution in [0.4, 0.5) is 0 Å². The minimum atomic E-state index is -0.604. The number of fused-ring (bicyclic) bond motifs is 1. The number of carbonyl (C=O) groups is 1. The van der Waals surface area contributed by atoms with E-state index in [-0.39, 0.29) is 11.9 Å². The van der Waals surface area contributed by atoms with Crippen LogP contribution in [0.25, 0.3) is 0 Å². The van der Waals surface area contributed by atoms with E-state index in [4.69, 9.17) is 9.47 Å². The van der Waals surface area contributed by atoms with Crippen molar-refractivity contribution in [1.29, 1.82) is 0 Å². The summed E-state index contributed by atoms with van der Waals surface area (Å²) in [7, 11) is 1.59. The van der Waals surface area contributed by atoms with E-state index in [1.807, 2.05) is 25.1 Å². The van der Waals surface area contributed by atoms with E-state index in [9.17, 15) is 4.79 Å². The van der Waals surface area contributed by atoms with Crippen molar-refractivity contribution in [3.05, 3.63) is 59.2 Å². The molecule has 0 saturated carbocycles. The van der Waals surface area contributed by atoms with Crippen LogP contribution in [-0.4, -0.2) is 19.1 Å². The molecule has 1 N–H and O–H groups in total. The molecule has 4 heteroatoms. The molecule has 0 bridgehead atoms. The number of aryl methyl sites for hydroxylation is 2. The Hall–Kier alpha value is -2.49. The highest BCUT2D eigenvalue weighted by molar-refractivity contribution is 5.81. The van der Waals surface area contributed by atoms with Crippen LogP contribution < -0.4 is 14.8 Å². The molecule has 132 valence electrons. The van der Waals surface area contributed by atoms with Gasteiger partial charge in [0.1, 0.15) is 0 Å². The van der Waals surface area contributed by atoms with Gasteiger partial charge in [0.2, 0.25) is 0 Å². The largest absolute Gasteiger partial charge is 0.493 e. The van der Waals surface area contributed by atoms with Crippen molar-refractivity contribution in [3.8, 4) is 11.5 Å². The van der Waals surface area contributed by atoms with Crippen LogP contribution in [0, 0.1) is 0 Å². The fourth-order valence-electron chi connectivity index (χ4n) is 3.24. The molecule has 0 saturated heterocycles. The number of nitrogens with one attached hydrogen (secondary N) is 1. The molecule has 25 heavy (non-hydrogen) atoms. The molecule has 3 rings (SSSR count). The number of methoxy groups -OCH3 is 1. The third-order valence-corrected chi connectivity index (χ3v) is 4.72. The minimum Gasteiger partial charge on any atom is -0.493 e. The molecular formula is C21H25NO3. The molecular weight excluding hydrogens is 314 g/mol. The number of hydrogen-bond acceptors (Lipinski definition) is 3. The first-order valence-electron chi connectivity index (χ1n) is 8.80. The summed E-state index contributed by atoms with van der Waals surface area (Å²) < 4.78 is 11.0. The van der Waals surface area contributed by atoms with E-state index in [0.717, 1.165) is 12.0 Å². The quantitative estimate of drug-likeness (QED) is 0.870. The maximum atomic E-state index is 12.5. The second-order valence-corrected chi connectivity index (χ2v) is 6.52. The van der Waals surface area contributed by atoms with E-state index < -0.39 is 6.10 Å². The maximum Gasteiger partial charge on any atom is 0.261 e. The topological polar surface area (TPSA) is 47.6 Å². The maximum absolute atomic E-state index is 12.5. The van der Waals surface area contributed by atoms with Gasteiger partial charge in [-0.3, -0.25) is 4.79 Å². The van der Waals surface area contributed by atoms with Crippen LogP contribution in [0.15, 0.2) is 42.5 Å². The molecule has 0 aromatic heterocycles. The summed E-state index contributed by atoms with van der Waals surface area (Å²) in [6, 6.07) is 13.8. The summed E-state index contributed by atoms with van der Waals surface area (Å²) in [6.07, 6.45) is 2.92. The molecule has 1 aliphatic carbocycles. The number of para-hydroxylation sites is 2. The van der Waals surface area contributed by atoms with Crippen molar-refractivity contribution in [2.45, 2.75) is 45.3 Å². The predicted molar refractivity (Wildman–Crippen MR) is 98.1 cm³/mol. The van der Waals surface area contributed by atoms with Gasteiger partial charge in [-0.05, 0) is 61.9 Å². The van der Waals surface area contributed by atoms with E-state index in [1.165, 1.54) is 24.0 Å². The lowest BCUT2D eigenvalue weighted by Gasteiger charge is -2.20. The first kappa shape index (κ1) is 17.3. The van der Waals surface area contributed by atoms with Gasteiger partial charge in [0.25, 0.3) is 5.91 Å². The second-order valence-electron chi connectivity index (χ2n) is 6.52. The first-order chi connectivity index (χ1) is 12.1. The molecule has 0 unspecified atom stereocenters. The standard InChI is InChI=1S/C21H25NO3/c1-14(17-12-11-16-7-6-8-18(16)13-17)22-21(23)15(2)25-20-10-5-4-9-19(20)24-3/h4-5,9-15H,6-8H2,1-3H3,(H,22,23)/t14-,15+/m1/s1. The van der Waals surface area contributed by atoms with Gasteiger partial charge in [0.15, 0.2) is 17.6 Å². The van der Waals surface area contributed by atoms with Gasteiger partial charge in [-0.25, -0.2) is 0 Å². The van der Waals surface area contributed by atoms with Gasteiger partial charge in [0.05, 0.1) is 13.2 Å². The monoisotopic (exact) mass is 339 g/mol. The molecule has 0 heterocycles. The van der Waals surface area contributed by atoms with Gasteiger partial charge in [-0.15, -0.1) is 0 Å². The number of amides is 1. The van der Waals surface area contributed by atoms with Crippen molar-refractivity contribution in [1.82, 2.24) is 5.32 Å². The van der Waals surface area contributed by atoms with Crippen molar-refractivity contribution in [2.24, 2.45) is 0 Å². The van der Waals surface area contributed by atoms with Gasteiger partial charge in [-0.1, -0.05) is 30.3 Å². The summed E-state index contributed by atoms with van der Waals surface area (Å²) in [5.74, 6) is 1.05. The molecule has 0 fully saturated rings. The smallest absolute Gasteiger partial charge is 0.261 e. The summed E-state index contributed by atoms with van der Waals surface area (Å²) in [6.45, 7) is 3.75. The zero-order chi connectivity index (χ0) is 17.8. The minimum absolute atomic E-state index is 0.0536. The third-order valence-electron chi connectivity index (χ3n) is 4.72. The Balaban J connectivity index is 1.63. The molecule has 0 radical (unpaired) electrons. The number of ether oxygens (including phenoxy) is 2. The van der Waals surface area contributed by atoms with E-state index >= 15 is 0 Å². The Morgan fingerprint density at radius 3 is 2.52 bits per heavy atom. The molecule has 1 amide bonds. The summed E-state index contributed by atoms with van der Waals surface area (Å²) in [5.41, 5.74) is 3.99. The Kier molecular flexibility index (Phi) is 5.27. The average molecular weight is 339 g/mol. The van der Waals surface area contributed by atoms with E-state index in [2.05, 4.69) is 23.5 Å². The molecule has 1 aliphatic rings. The molecule has 2 aromatic carbocycles. The van der Waals surface area contributed by atoms with Gasteiger partial charge in [0, 0.05) is 0 Å². The van der Waals surface area contributed by atoms with E-state index in [0.29, 0.717) is 11.5 Å². The molecule has 0 spiro atoms. The Morgan fingerprint density at radius 1 is 1.04 bits per heavy atom. The summed E-state index contributed by atoms with van der Waals surface area (Å²) in [4.78, 5) is 12.5. The average Bonchev–Trinajstić information content (AvgIpc) is 3.09. The number of hydrogen-bond donors (Lipinski definition) is 1. The van der Waals surface area contributed by atoms with Crippen LogP contribution in [0.1, 0.15) is 43.0 Å². The van der Waals surface area contributed by atoms with Crippen LogP contribution in [-0.2, 0) is 17.6 Å². The molecule has 2 aromatic rings. The van der Waals surface area contributed by atoms with Crippen molar-refractivity contribution in [3.63, 3.8) is 0 Å². The predicted octanol–water partition coefficient (Wildman–Crippen LogP) is 3.83. The number of carbonyl (C=O) groups excluding carboxylic acids is 1. The zero-order valence-corrected chi connectivity index (χ0v) is 15.0. The lowest BCUT2D eigenvalue weighted by molar-refractivity contribution is -0.127. The van der Waals surface area contributed by atoms with Crippen LogP contribution in [0.2, 0.25) is 0 Å². The van der Waals surface area contributed by atoms with Crippen LogP contribution in [0.5, 0.6) is 11.5 Å². The first-order valence-corrected chi connectivity index (χ1v) is 8.80. The van der Waals surface area contributed by atoms with Gasteiger partial charge in [-0.2, -0.15) is 0 Å². The highest BCUT2D eigenvalue weighted by Crippen LogP contribution is 2.27. The molecule has 0 aliphatic heterocycles. The highest BCUT2D eigenvalue weighted by atomic mass is 16.5. The number of rotatable bonds is 6. The fourth-order valence-corrected chi connectivity index (χ4v) is 3.24. The third kappa shape index (κ3) is 3.95. The summed E-state index contributed by atoms with van der Waals surface area (Å²) in [5, 5.41) is 3.04. The lowest BCUT2D eigenvalue weighted by Crippen LogP contribution is -2.37. The van der Waals surface area contributed by atoms with Crippen molar-refractivity contribution < 1.29 is 14.3 Å². The molecule has 4 nitrogen and oxygen atoms in total. The van der Waals surface area contributed by atoms with Gasteiger partial charge < -0.3 is 14.8 Å². The lowest BCUT2D eigenvalue weighted by atomic mass is 10.0. The SMILES string of the molecule is COc1ccccc1O[C@@H](C)C(=O)N[C@H](C)c1ccc2c(c1)CCC2. The van der Waals surface area contributed by atoms with E-state index in [1.54, 1.807) is 20.1 Å². The Labute approximate surface area is 149 Å². The highest BCUT2D eigenvalue weighted by Gasteiger charge is 2.20. The van der Waals surface area contributed by atoms with Crippen LogP contribution >= 0.6 is 0 Å². The van der Waals surface area contributed by atoms with Crippen molar-refractivity contribution >= 4 is 5.91 Å². The van der Waals surface area contributed by atoms with Crippen LogP contribution in [0.3, 0.4) is 0 Å². The zero-order valence-electron chi connectivity index (χ0n) is 15.0. The molecule has 2 atom stereocenters. The second kappa shape index (κ2) is 7.60.